The minimum atomic E-state index is -1.01. The molecule has 1 fully saturated rings. The van der Waals surface area contributed by atoms with Crippen molar-refractivity contribution in [3.8, 4) is 5.75 Å². The lowest BCUT2D eigenvalue weighted by atomic mass is 9.74. The van der Waals surface area contributed by atoms with E-state index < -0.39 is 12.1 Å². The monoisotopic (exact) mass is 396 g/mol. The second-order valence-electron chi connectivity index (χ2n) is 7.75. The molecule has 29 heavy (non-hydrogen) atoms. The fourth-order valence-electron chi connectivity index (χ4n) is 4.08. The van der Waals surface area contributed by atoms with Gasteiger partial charge in [0.2, 0.25) is 0 Å². The number of carboxylic acid groups (broad SMARTS) is 1. The van der Waals surface area contributed by atoms with Gasteiger partial charge in [0.1, 0.15) is 5.75 Å². The van der Waals surface area contributed by atoms with Gasteiger partial charge in [-0.25, -0.2) is 9.59 Å². The number of carbonyl (C=O) groups excluding carboxylic acids is 1. The fourth-order valence-corrected chi connectivity index (χ4v) is 4.08. The van der Waals surface area contributed by atoms with Gasteiger partial charge in [-0.1, -0.05) is 25.5 Å². The van der Waals surface area contributed by atoms with E-state index in [1.807, 2.05) is 12.1 Å². The summed E-state index contributed by atoms with van der Waals surface area (Å²) in [7, 11) is 2.17. The van der Waals surface area contributed by atoms with Crippen LogP contribution >= 0.6 is 0 Å². The summed E-state index contributed by atoms with van der Waals surface area (Å²) < 4.78 is 5.50. The molecule has 1 heterocycles. The average Bonchev–Trinajstić information content (AvgIpc) is 2.90. The van der Waals surface area contributed by atoms with Crippen LogP contribution in [0.2, 0.25) is 0 Å². The van der Waals surface area contributed by atoms with Gasteiger partial charge >= 0.3 is 12.1 Å². The number of carboxylic acids is 1. The van der Waals surface area contributed by atoms with Crippen molar-refractivity contribution in [2.75, 3.05) is 25.5 Å². The van der Waals surface area contributed by atoms with Crippen LogP contribution < -0.4 is 10.1 Å². The highest BCUT2D eigenvalue weighted by molar-refractivity contribution is 5.90. The lowest BCUT2D eigenvalue weighted by molar-refractivity contribution is 0.0697. The van der Waals surface area contributed by atoms with E-state index in [1.54, 1.807) is 6.07 Å². The molecule has 0 radical (unpaired) electrons. The van der Waals surface area contributed by atoms with E-state index in [1.165, 1.54) is 42.7 Å². The zero-order valence-electron chi connectivity index (χ0n) is 17.0. The maximum absolute atomic E-state index is 12.3. The average molecular weight is 396 g/mol. The van der Waals surface area contributed by atoms with Crippen LogP contribution in [0.3, 0.4) is 0 Å². The molecule has 0 saturated carbocycles. The molecule has 0 bridgehead atoms. The molecular formula is C23H28N2O4. The van der Waals surface area contributed by atoms with Crippen molar-refractivity contribution in [3.05, 3.63) is 59.7 Å². The van der Waals surface area contributed by atoms with Gasteiger partial charge < -0.3 is 14.7 Å². The molecule has 2 N–H and O–H groups in total. The topological polar surface area (TPSA) is 78.9 Å². The molecule has 0 unspecified atom stereocenters. The summed E-state index contributed by atoms with van der Waals surface area (Å²) in [5.41, 5.74) is 1.90. The van der Waals surface area contributed by atoms with Gasteiger partial charge in [0.25, 0.3) is 0 Å². The molecule has 2 aromatic carbocycles. The summed E-state index contributed by atoms with van der Waals surface area (Å²) in [6, 6.07) is 13.7. The molecule has 2 aromatic rings. The number of aromatic carboxylic acids is 1. The molecular weight excluding hydrogens is 368 g/mol. The van der Waals surface area contributed by atoms with Gasteiger partial charge in [-0.3, -0.25) is 5.32 Å². The van der Waals surface area contributed by atoms with E-state index in [2.05, 4.69) is 30.3 Å². The van der Waals surface area contributed by atoms with E-state index in [0.29, 0.717) is 11.4 Å². The van der Waals surface area contributed by atoms with Crippen LogP contribution in [0.5, 0.6) is 5.75 Å². The number of hydrogen-bond acceptors (Lipinski definition) is 4. The Hall–Kier alpha value is -2.86. The molecule has 1 saturated heterocycles. The summed E-state index contributed by atoms with van der Waals surface area (Å²) >= 11 is 0. The molecule has 1 amide bonds. The number of amides is 1. The Labute approximate surface area is 171 Å². The first kappa shape index (κ1) is 20.9. The van der Waals surface area contributed by atoms with Crippen molar-refractivity contribution < 1.29 is 19.4 Å². The number of rotatable bonds is 5. The van der Waals surface area contributed by atoms with E-state index in [-0.39, 0.29) is 11.0 Å². The van der Waals surface area contributed by atoms with Gasteiger partial charge in [0, 0.05) is 17.6 Å². The number of likely N-dealkylation sites (N-methyl/N-ethyl adjacent to an activating group) is 1. The van der Waals surface area contributed by atoms with Crippen molar-refractivity contribution in [2.45, 2.75) is 38.0 Å². The zero-order valence-corrected chi connectivity index (χ0v) is 17.0. The number of anilines is 1. The third-order valence-corrected chi connectivity index (χ3v) is 5.73. The first-order valence-corrected chi connectivity index (χ1v) is 10.0. The van der Waals surface area contributed by atoms with Crippen LogP contribution in [0.25, 0.3) is 0 Å². The lowest BCUT2D eigenvalue weighted by Crippen LogP contribution is -2.37. The highest BCUT2D eigenvalue weighted by atomic mass is 16.6. The fraction of sp³-hybridized carbons (Fsp3) is 0.391. The SMILES string of the molecule is CC[C@@]1(c2cccc(OC(=O)Nc3ccc(C(=O)O)cc3)c2)CCCCN(C)C1. The van der Waals surface area contributed by atoms with Crippen molar-refractivity contribution in [1.29, 1.82) is 0 Å². The Morgan fingerprint density at radius 1 is 1.17 bits per heavy atom. The first-order chi connectivity index (χ1) is 13.9. The van der Waals surface area contributed by atoms with Gasteiger partial charge in [0.05, 0.1) is 5.56 Å². The van der Waals surface area contributed by atoms with Crippen molar-refractivity contribution in [3.63, 3.8) is 0 Å². The first-order valence-electron chi connectivity index (χ1n) is 10.0. The Morgan fingerprint density at radius 3 is 2.62 bits per heavy atom. The number of carbonyl (C=O) groups is 2. The zero-order chi connectivity index (χ0) is 20.9. The standard InChI is InChI=1S/C23H28N2O4/c1-3-23(13-4-5-14-25(2)16-23)18-7-6-8-20(15-18)29-22(28)24-19-11-9-17(10-12-19)21(26)27/h6-12,15H,3-5,13-14,16H2,1-2H3,(H,24,28)(H,26,27)/t23-/m1/s1. The highest BCUT2D eigenvalue weighted by Crippen LogP contribution is 2.37. The minimum Gasteiger partial charge on any atom is -0.478 e. The van der Waals surface area contributed by atoms with E-state index in [0.717, 1.165) is 25.9 Å². The summed E-state index contributed by atoms with van der Waals surface area (Å²) in [6.07, 6.45) is 3.95. The molecule has 6 heteroatoms. The normalized spacial score (nSPS) is 19.9. The molecule has 6 nitrogen and oxygen atoms in total. The van der Waals surface area contributed by atoms with Gasteiger partial charge in [-0.2, -0.15) is 0 Å². The quantitative estimate of drug-likeness (QED) is 0.762. The minimum absolute atomic E-state index is 0.0633. The number of hydrogen-bond donors (Lipinski definition) is 2. The van der Waals surface area contributed by atoms with Crippen LogP contribution in [0.15, 0.2) is 48.5 Å². The Morgan fingerprint density at radius 2 is 1.93 bits per heavy atom. The predicted octanol–water partition coefficient (Wildman–Crippen LogP) is 4.76. The van der Waals surface area contributed by atoms with Crippen LogP contribution in [0.1, 0.15) is 48.5 Å². The summed E-state index contributed by atoms with van der Waals surface area (Å²) in [6.45, 7) is 4.33. The third-order valence-electron chi connectivity index (χ3n) is 5.73. The Kier molecular flexibility index (Phi) is 6.54. The largest absolute Gasteiger partial charge is 0.478 e. The van der Waals surface area contributed by atoms with Crippen molar-refractivity contribution in [1.82, 2.24) is 4.90 Å². The Bertz CT molecular complexity index is 865. The molecule has 1 aliphatic heterocycles. The maximum atomic E-state index is 12.3. The summed E-state index contributed by atoms with van der Waals surface area (Å²) in [4.78, 5) is 25.6. The van der Waals surface area contributed by atoms with E-state index in [4.69, 9.17) is 9.84 Å². The van der Waals surface area contributed by atoms with E-state index >= 15 is 0 Å². The molecule has 0 aromatic heterocycles. The second-order valence-corrected chi connectivity index (χ2v) is 7.75. The Balaban J connectivity index is 1.71. The number of nitrogens with one attached hydrogen (secondary N) is 1. The molecule has 0 aliphatic carbocycles. The molecule has 1 aliphatic rings. The third kappa shape index (κ3) is 5.15. The molecule has 154 valence electrons. The van der Waals surface area contributed by atoms with Gasteiger partial charge in [-0.05, 0) is 74.8 Å². The number of likely N-dealkylation sites (tertiary alicyclic amines) is 1. The smallest absolute Gasteiger partial charge is 0.417 e. The van der Waals surface area contributed by atoms with Crippen molar-refractivity contribution >= 4 is 17.7 Å². The van der Waals surface area contributed by atoms with Crippen molar-refractivity contribution in [2.24, 2.45) is 0 Å². The van der Waals surface area contributed by atoms with Crippen LogP contribution in [-0.2, 0) is 5.41 Å². The van der Waals surface area contributed by atoms with E-state index in [9.17, 15) is 9.59 Å². The summed E-state index contributed by atoms with van der Waals surface area (Å²) in [5.74, 6) is -0.508. The lowest BCUT2D eigenvalue weighted by Gasteiger charge is -2.35. The second kappa shape index (κ2) is 9.09. The molecule has 1 atom stereocenters. The predicted molar refractivity (Wildman–Crippen MR) is 113 cm³/mol. The van der Waals surface area contributed by atoms with Gasteiger partial charge in [0.15, 0.2) is 0 Å². The molecule has 0 spiro atoms. The number of nitrogens with zero attached hydrogens (tertiary/aromatic N) is 1. The highest BCUT2D eigenvalue weighted by Gasteiger charge is 2.33. The van der Waals surface area contributed by atoms with Gasteiger partial charge in [-0.15, -0.1) is 0 Å². The maximum Gasteiger partial charge on any atom is 0.417 e. The summed E-state index contributed by atoms with van der Waals surface area (Å²) in [5, 5.41) is 11.6. The van der Waals surface area contributed by atoms with Crippen LogP contribution in [0.4, 0.5) is 10.5 Å². The number of benzene rings is 2. The molecule has 3 rings (SSSR count). The van der Waals surface area contributed by atoms with Crippen LogP contribution in [-0.4, -0.2) is 42.2 Å². The number of ether oxygens (including phenoxy) is 1. The van der Waals surface area contributed by atoms with Crippen LogP contribution in [0, 0.1) is 0 Å².